The molecule has 2 aromatic heterocycles. The second-order valence-corrected chi connectivity index (χ2v) is 5.00. The zero-order valence-electron chi connectivity index (χ0n) is 10.5. The molecule has 0 fully saturated rings. The Morgan fingerprint density at radius 3 is 2.94 bits per heavy atom. The lowest BCUT2D eigenvalue weighted by Gasteiger charge is -2.06. The standard InChI is InChI=1S/C13H18N4S/c1-14-7-5-12-16-9-6-13(17-12)15-8-4-11-3-2-10-18-11/h2-3,6,9-10,14H,4-5,7-8H2,1H3,(H,15,16,17). The molecule has 0 aliphatic rings. The molecular weight excluding hydrogens is 244 g/mol. The van der Waals surface area contributed by atoms with Crippen LogP contribution < -0.4 is 10.6 Å². The Morgan fingerprint density at radius 1 is 1.22 bits per heavy atom. The van der Waals surface area contributed by atoms with Gasteiger partial charge in [0.1, 0.15) is 11.6 Å². The van der Waals surface area contributed by atoms with E-state index >= 15 is 0 Å². The van der Waals surface area contributed by atoms with Crippen molar-refractivity contribution in [3.05, 3.63) is 40.5 Å². The predicted molar refractivity (Wildman–Crippen MR) is 76.2 cm³/mol. The monoisotopic (exact) mass is 262 g/mol. The smallest absolute Gasteiger partial charge is 0.131 e. The van der Waals surface area contributed by atoms with Crippen LogP contribution >= 0.6 is 11.3 Å². The molecule has 0 saturated carbocycles. The molecular formula is C13H18N4S. The Hall–Kier alpha value is -1.46. The third-order valence-corrected chi connectivity index (χ3v) is 3.50. The molecule has 18 heavy (non-hydrogen) atoms. The molecule has 0 spiro atoms. The Morgan fingerprint density at radius 2 is 2.17 bits per heavy atom. The van der Waals surface area contributed by atoms with E-state index in [1.807, 2.05) is 19.3 Å². The molecule has 96 valence electrons. The molecule has 0 bridgehead atoms. The highest BCUT2D eigenvalue weighted by atomic mass is 32.1. The molecule has 4 nitrogen and oxygen atoms in total. The van der Waals surface area contributed by atoms with Crippen molar-refractivity contribution in [2.24, 2.45) is 0 Å². The van der Waals surface area contributed by atoms with Gasteiger partial charge < -0.3 is 10.6 Å². The summed E-state index contributed by atoms with van der Waals surface area (Å²) in [6.45, 7) is 1.81. The van der Waals surface area contributed by atoms with E-state index in [4.69, 9.17) is 0 Å². The summed E-state index contributed by atoms with van der Waals surface area (Å²) in [5.74, 6) is 1.79. The van der Waals surface area contributed by atoms with Crippen LogP contribution in [0.25, 0.3) is 0 Å². The number of thiophene rings is 1. The van der Waals surface area contributed by atoms with Gasteiger partial charge in [-0.1, -0.05) is 6.07 Å². The maximum absolute atomic E-state index is 4.47. The van der Waals surface area contributed by atoms with E-state index in [0.29, 0.717) is 0 Å². The number of nitrogens with zero attached hydrogens (tertiary/aromatic N) is 2. The fraction of sp³-hybridized carbons (Fsp3) is 0.385. The number of nitrogens with one attached hydrogen (secondary N) is 2. The fourth-order valence-corrected chi connectivity index (χ4v) is 2.33. The van der Waals surface area contributed by atoms with Crippen LogP contribution in [-0.2, 0) is 12.8 Å². The quantitative estimate of drug-likeness (QED) is 0.801. The van der Waals surface area contributed by atoms with Crippen LogP contribution in [0.1, 0.15) is 10.7 Å². The van der Waals surface area contributed by atoms with Crippen LogP contribution in [0, 0.1) is 0 Å². The van der Waals surface area contributed by atoms with Gasteiger partial charge >= 0.3 is 0 Å². The van der Waals surface area contributed by atoms with Gasteiger partial charge in [0.25, 0.3) is 0 Å². The van der Waals surface area contributed by atoms with Crippen molar-refractivity contribution in [3.63, 3.8) is 0 Å². The number of hydrogen-bond acceptors (Lipinski definition) is 5. The van der Waals surface area contributed by atoms with Crippen LogP contribution in [-0.4, -0.2) is 30.1 Å². The van der Waals surface area contributed by atoms with Crippen LogP contribution in [0.2, 0.25) is 0 Å². The van der Waals surface area contributed by atoms with E-state index < -0.39 is 0 Å². The number of likely N-dealkylation sites (N-methyl/N-ethyl adjacent to an activating group) is 1. The first-order chi connectivity index (χ1) is 8.88. The topological polar surface area (TPSA) is 49.8 Å². The first-order valence-corrected chi connectivity index (χ1v) is 6.99. The lowest BCUT2D eigenvalue weighted by Crippen LogP contribution is -2.13. The van der Waals surface area contributed by atoms with Gasteiger partial charge in [-0.3, -0.25) is 0 Å². The molecule has 0 saturated heterocycles. The van der Waals surface area contributed by atoms with E-state index in [-0.39, 0.29) is 0 Å². The molecule has 0 unspecified atom stereocenters. The van der Waals surface area contributed by atoms with E-state index in [2.05, 4.69) is 38.1 Å². The fourth-order valence-electron chi connectivity index (χ4n) is 1.62. The summed E-state index contributed by atoms with van der Waals surface area (Å²) in [6.07, 6.45) is 3.70. The van der Waals surface area contributed by atoms with Gasteiger partial charge in [0.05, 0.1) is 0 Å². The Balaban J connectivity index is 1.81. The molecule has 0 radical (unpaired) electrons. The van der Waals surface area contributed by atoms with Crippen molar-refractivity contribution in [1.29, 1.82) is 0 Å². The number of hydrogen-bond donors (Lipinski definition) is 2. The summed E-state index contributed by atoms with van der Waals surface area (Å²) in [5.41, 5.74) is 0. The van der Waals surface area contributed by atoms with Gasteiger partial charge in [0, 0.05) is 30.6 Å². The minimum absolute atomic E-state index is 0.858. The molecule has 0 aromatic carbocycles. The summed E-state index contributed by atoms with van der Waals surface area (Å²) in [5, 5.41) is 8.54. The molecule has 0 amide bonds. The second-order valence-electron chi connectivity index (χ2n) is 3.97. The lowest BCUT2D eigenvalue weighted by molar-refractivity contribution is 0.755. The zero-order valence-corrected chi connectivity index (χ0v) is 11.3. The highest BCUT2D eigenvalue weighted by Gasteiger charge is 1.99. The van der Waals surface area contributed by atoms with Gasteiger partial charge in [-0.05, 0) is 31.0 Å². The summed E-state index contributed by atoms with van der Waals surface area (Å²) >= 11 is 1.79. The first-order valence-electron chi connectivity index (χ1n) is 6.11. The van der Waals surface area contributed by atoms with Crippen molar-refractivity contribution in [1.82, 2.24) is 15.3 Å². The summed E-state index contributed by atoms with van der Waals surface area (Å²) < 4.78 is 0. The van der Waals surface area contributed by atoms with Gasteiger partial charge in [0.15, 0.2) is 0 Å². The van der Waals surface area contributed by atoms with Gasteiger partial charge in [-0.15, -0.1) is 11.3 Å². The minimum Gasteiger partial charge on any atom is -0.370 e. The lowest BCUT2D eigenvalue weighted by atomic mass is 10.3. The average molecular weight is 262 g/mol. The highest BCUT2D eigenvalue weighted by molar-refractivity contribution is 7.09. The van der Waals surface area contributed by atoms with Crippen LogP contribution in [0.15, 0.2) is 29.8 Å². The molecule has 0 aliphatic heterocycles. The van der Waals surface area contributed by atoms with Crippen molar-refractivity contribution >= 4 is 17.2 Å². The SMILES string of the molecule is CNCCc1nccc(NCCc2cccs2)n1. The van der Waals surface area contributed by atoms with Gasteiger partial charge in [-0.25, -0.2) is 9.97 Å². The third-order valence-electron chi connectivity index (χ3n) is 2.56. The van der Waals surface area contributed by atoms with Gasteiger partial charge in [0.2, 0.25) is 0 Å². The highest BCUT2D eigenvalue weighted by Crippen LogP contribution is 2.09. The van der Waals surface area contributed by atoms with Crippen molar-refractivity contribution in [2.45, 2.75) is 12.8 Å². The number of rotatable bonds is 7. The van der Waals surface area contributed by atoms with Crippen molar-refractivity contribution in [3.8, 4) is 0 Å². The molecule has 2 aromatic rings. The van der Waals surface area contributed by atoms with E-state index in [1.165, 1.54) is 4.88 Å². The Kier molecular flexibility index (Phi) is 5.11. The minimum atomic E-state index is 0.858. The van der Waals surface area contributed by atoms with Gasteiger partial charge in [-0.2, -0.15) is 0 Å². The Bertz CT molecular complexity index is 456. The van der Waals surface area contributed by atoms with Crippen LogP contribution in [0.3, 0.4) is 0 Å². The van der Waals surface area contributed by atoms with E-state index in [0.717, 1.165) is 37.6 Å². The van der Waals surface area contributed by atoms with Crippen molar-refractivity contribution in [2.75, 3.05) is 25.5 Å². The maximum atomic E-state index is 4.47. The summed E-state index contributed by atoms with van der Waals surface area (Å²) in [4.78, 5) is 10.1. The number of anilines is 1. The molecule has 0 atom stereocenters. The molecule has 5 heteroatoms. The molecule has 0 aliphatic carbocycles. The van der Waals surface area contributed by atoms with E-state index in [9.17, 15) is 0 Å². The van der Waals surface area contributed by atoms with Crippen LogP contribution in [0.4, 0.5) is 5.82 Å². The third kappa shape index (κ3) is 4.09. The summed E-state index contributed by atoms with van der Waals surface area (Å²) in [6, 6.07) is 6.16. The largest absolute Gasteiger partial charge is 0.370 e. The summed E-state index contributed by atoms with van der Waals surface area (Å²) in [7, 11) is 1.93. The molecule has 2 rings (SSSR count). The average Bonchev–Trinajstić information content (AvgIpc) is 2.90. The molecule has 2 N–H and O–H groups in total. The maximum Gasteiger partial charge on any atom is 0.131 e. The Labute approximate surface area is 111 Å². The zero-order chi connectivity index (χ0) is 12.6. The van der Waals surface area contributed by atoms with E-state index in [1.54, 1.807) is 11.3 Å². The van der Waals surface area contributed by atoms with Crippen LogP contribution in [0.5, 0.6) is 0 Å². The second kappa shape index (κ2) is 7.08. The predicted octanol–water partition coefficient (Wildman–Crippen LogP) is 1.95. The normalized spacial score (nSPS) is 10.5. The number of aromatic nitrogens is 2. The molecule has 2 heterocycles. The van der Waals surface area contributed by atoms with Crippen molar-refractivity contribution < 1.29 is 0 Å². The first kappa shape index (κ1) is 13.0.